The van der Waals surface area contributed by atoms with Crippen LogP contribution in [0.3, 0.4) is 0 Å². The molecule has 2 aliphatic carbocycles. The zero-order chi connectivity index (χ0) is 16.6. The Morgan fingerprint density at radius 1 is 1.13 bits per heavy atom. The maximum atomic E-state index is 12.9. The fourth-order valence-electron chi connectivity index (χ4n) is 3.38. The molecule has 2 atom stereocenters. The fourth-order valence-corrected chi connectivity index (χ4v) is 3.38. The number of piperidine rings is 1. The van der Waals surface area contributed by atoms with Gasteiger partial charge in [-0.2, -0.15) is 0 Å². The van der Waals surface area contributed by atoms with Crippen molar-refractivity contribution in [1.29, 1.82) is 0 Å². The minimum Gasteiger partial charge on any atom is -0.481 e. The summed E-state index contributed by atoms with van der Waals surface area (Å²) < 4.78 is 0. The average molecular weight is 322 g/mol. The summed E-state index contributed by atoms with van der Waals surface area (Å²) in [5.41, 5.74) is 0. The van der Waals surface area contributed by atoms with Crippen molar-refractivity contribution in [3.63, 3.8) is 0 Å². The monoisotopic (exact) mass is 322 g/mol. The molecule has 3 rings (SSSR count). The van der Waals surface area contributed by atoms with Crippen LogP contribution >= 0.6 is 0 Å². The van der Waals surface area contributed by atoms with E-state index < -0.39 is 11.9 Å². The van der Waals surface area contributed by atoms with Crippen LogP contribution in [0.5, 0.6) is 0 Å². The van der Waals surface area contributed by atoms with Crippen LogP contribution in [0, 0.1) is 17.8 Å². The summed E-state index contributed by atoms with van der Waals surface area (Å²) in [5.74, 6) is -1.12. The first-order valence-electron chi connectivity index (χ1n) is 8.79. The van der Waals surface area contributed by atoms with Crippen molar-refractivity contribution in [2.75, 3.05) is 19.6 Å². The molecular weight excluding hydrogens is 296 g/mol. The average Bonchev–Trinajstić information content (AvgIpc) is 3.42. The summed E-state index contributed by atoms with van der Waals surface area (Å²) in [5, 5.41) is 9.12. The molecule has 128 valence electrons. The first-order valence-corrected chi connectivity index (χ1v) is 8.79. The molecule has 0 radical (unpaired) electrons. The van der Waals surface area contributed by atoms with Gasteiger partial charge in [-0.15, -0.1) is 0 Å². The van der Waals surface area contributed by atoms with Gasteiger partial charge < -0.3 is 14.9 Å². The molecule has 2 unspecified atom stereocenters. The minimum absolute atomic E-state index is 0.0499. The highest BCUT2D eigenvalue weighted by atomic mass is 16.4. The fraction of sp³-hybridized carbons (Fsp3) is 0.824. The van der Waals surface area contributed by atoms with Gasteiger partial charge in [0.15, 0.2) is 0 Å². The maximum Gasteiger partial charge on any atom is 0.308 e. The van der Waals surface area contributed by atoms with E-state index in [-0.39, 0.29) is 36.2 Å². The summed E-state index contributed by atoms with van der Waals surface area (Å²) in [6.45, 7) is 3.20. The van der Waals surface area contributed by atoms with E-state index in [0.717, 1.165) is 45.1 Å². The molecular formula is C17H26N2O4. The normalized spacial score (nSPS) is 25.8. The molecule has 0 spiro atoms. The molecule has 3 aliphatic rings. The van der Waals surface area contributed by atoms with Gasteiger partial charge in [-0.1, -0.05) is 6.92 Å². The van der Waals surface area contributed by atoms with Gasteiger partial charge in [0.2, 0.25) is 11.8 Å². The van der Waals surface area contributed by atoms with Gasteiger partial charge in [0.25, 0.3) is 0 Å². The Hall–Kier alpha value is -1.59. The van der Waals surface area contributed by atoms with E-state index in [1.807, 2.05) is 4.90 Å². The summed E-state index contributed by atoms with van der Waals surface area (Å²) in [6, 6.07) is 0.207. The Morgan fingerprint density at radius 3 is 2.39 bits per heavy atom. The van der Waals surface area contributed by atoms with Crippen LogP contribution in [0.2, 0.25) is 0 Å². The van der Waals surface area contributed by atoms with Crippen molar-refractivity contribution in [3.8, 4) is 0 Å². The zero-order valence-electron chi connectivity index (χ0n) is 13.7. The molecule has 1 saturated heterocycles. The number of amides is 2. The van der Waals surface area contributed by atoms with E-state index in [1.54, 1.807) is 11.8 Å². The first kappa shape index (κ1) is 16.3. The number of nitrogens with zero attached hydrogens (tertiary/aromatic N) is 2. The highest BCUT2D eigenvalue weighted by Gasteiger charge is 2.41. The number of rotatable bonds is 6. The van der Waals surface area contributed by atoms with Crippen LogP contribution in [-0.4, -0.2) is 58.4 Å². The molecule has 2 saturated carbocycles. The van der Waals surface area contributed by atoms with E-state index in [0.29, 0.717) is 6.54 Å². The SMILES string of the molecule is CC(CN(C(=O)C1CCCN(C(=O)C2CC2)C1)C1CC1)C(=O)O. The van der Waals surface area contributed by atoms with Crippen LogP contribution in [0.15, 0.2) is 0 Å². The number of likely N-dealkylation sites (tertiary alicyclic amines) is 1. The van der Waals surface area contributed by atoms with Crippen molar-refractivity contribution in [2.24, 2.45) is 17.8 Å². The number of carbonyl (C=O) groups excluding carboxylic acids is 2. The molecule has 3 fully saturated rings. The third-order valence-corrected chi connectivity index (χ3v) is 5.17. The predicted octanol–water partition coefficient (Wildman–Crippen LogP) is 1.35. The van der Waals surface area contributed by atoms with Gasteiger partial charge in [0.05, 0.1) is 11.8 Å². The van der Waals surface area contributed by atoms with Crippen molar-refractivity contribution < 1.29 is 19.5 Å². The topological polar surface area (TPSA) is 77.9 Å². The summed E-state index contributed by atoms with van der Waals surface area (Å²) >= 11 is 0. The van der Waals surface area contributed by atoms with Gasteiger partial charge in [-0.3, -0.25) is 14.4 Å². The molecule has 23 heavy (non-hydrogen) atoms. The quantitative estimate of drug-likeness (QED) is 0.800. The van der Waals surface area contributed by atoms with E-state index in [9.17, 15) is 14.4 Å². The number of carboxylic acids is 1. The minimum atomic E-state index is -0.863. The number of aliphatic carboxylic acids is 1. The lowest BCUT2D eigenvalue weighted by molar-refractivity contribution is -0.145. The van der Waals surface area contributed by atoms with Crippen molar-refractivity contribution in [2.45, 2.75) is 51.5 Å². The highest BCUT2D eigenvalue weighted by molar-refractivity contribution is 5.84. The van der Waals surface area contributed by atoms with Crippen molar-refractivity contribution >= 4 is 17.8 Å². The van der Waals surface area contributed by atoms with Crippen molar-refractivity contribution in [3.05, 3.63) is 0 Å². The van der Waals surface area contributed by atoms with E-state index in [1.165, 1.54) is 0 Å². The van der Waals surface area contributed by atoms with Gasteiger partial charge in [0.1, 0.15) is 0 Å². The lowest BCUT2D eigenvalue weighted by Crippen LogP contribution is -2.49. The molecule has 1 N–H and O–H groups in total. The summed E-state index contributed by atoms with van der Waals surface area (Å²) in [7, 11) is 0. The molecule has 0 aromatic rings. The van der Waals surface area contributed by atoms with Crippen molar-refractivity contribution in [1.82, 2.24) is 9.80 Å². The molecule has 0 bridgehead atoms. The van der Waals surface area contributed by atoms with Crippen LogP contribution in [0.25, 0.3) is 0 Å². The summed E-state index contributed by atoms with van der Waals surface area (Å²) in [6.07, 6.45) is 5.57. The molecule has 6 nitrogen and oxygen atoms in total. The van der Waals surface area contributed by atoms with Gasteiger partial charge in [-0.05, 0) is 38.5 Å². The Morgan fingerprint density at radius 2 is 1.83 bits per heavy atom. The Balaban J connectivity index is 1.62. The Bertz CT molecular complexity index is 499. The number of carbonyl (C=O) groups is 3. The highest BCUT2D eigenvalue weighted by Crippen LogP contribution is 2.34. The maximum absolute atomic E-state index is 12.9. The van der Waals surface area contributed by atoms with Gasteiger partial charge in [-0.25, -0.2) is 0 Å². The predicted molar refractivity (Wildman–Crippen MR) is 83.6 cm³/mol. The molecule has 0 aromatic heterocycles. The second-order valence-corrected chi connectivity index (χ2v) is 7.36. The smallest absolute Gasteiger partial charge is 0.308 e. The third kappa shape index (κ3) is 3.85. The third-order valence-electron chi connectivity index (χ3n) is 5.17. The molecule has 1 heterocycles. The summed E-state index contributed by atoms with van der Waals surface area (Å²) in [4.78, 5) is 39.9. The lowest BCUT2D eigenvalue weighted by Gasteiger charge is -2.35. The molecule has 0 aromatic carbocycles. The molecule has 6 heteroatoms. The Labute approximate surface area is 136 Å². The van der Waals surface area contributed by atoms with E-state index >= 15 is 0 Å². The first-order chi connectivity index (χ1) is 11.0. The van der Waals surface area contributed by atoms with Gasteiger partial charge >= 0.3 is 5.97 Å². The van der Waals surface area contributed by atoms with Crippen LogP contribution < -0.4 is 0 Å². The second kappa shape index (κ2) is 6.49. The number of hydrogen-bond donors (Lipinski definition) is 1. The largest absolute Gasteiger partial charge is 0.481 e. The lowest BCUT2D eigenvalue weighted by atomic mass is 9.95. The molecule has 2 amide bonds. The van der Waals surface area contributed by atoms with E-state index in [2.05, 4.69) is 0 Å². The standard InChI is InChI=1S/C17H26N2O4/c1-11(17(22)23)9-19(14-6-7-14)16(21)13-3-2-8-18(10-13)15(20)12-4-5-12/h11-14H,2-10H2,1H3,(H,22,23). The number of hydrogen-bond acceptors (Lipinski definition) is 3. The van der Waals surface area contributed by atoms with Crippen LogP contribution in [-0.2, 0) is 14.4 Å². The van der Waals surface area contributed by atoms with Crippen LogP contribution in [0.4, 0.5) is 0 Å². The molecule has 1 aliphatic heterocycles. The van der Waals surface area contributed by atoms with Gasteiger partial charge in [0, 0.05) is 31.6 Å². The zero-order valence-corrected chi connectivity index (χ0v) is 13.7. The van der Waals surface area contributed by atoms with E-state index in [4.69, 9.17) is 5.11 Å². The number of carboxylic acid groups (broad SMARTS) is 1. The Kier molecular flexibility index (Phi) is 4.60. The van der Waals surface area contributed by atoms with Crippen LogP contribution in [0.1, 0.15) is 45.4 Å². The second-order valence-electron chi connectivity index (χ2n) is 7.36.